The molecule has 0 spiro atoms. The van der Waals surface area contributed by atoms with Crippen LogP contribution < -0.4 is 5.32 Å². The van der Waals surface area contributed by atoms with Crippen LogP contribution in [0.4, 0.5) is 5.82 Å². The summed E-state index contributed by atoms with van der Waals surface area (Å²) in [6.07, 6.45) is 1.09. The van der Waals surface area contributed by atoms with Crippen LogP contribution in [-0.4, -0.2) is 66.1 Å². The van der Waals surface area contributed by atoms with Gasteiger partial charge in [-0.05, 0) is 44.3 Å². The van der Waals surface area contributed by atoms with Crippen LogP contribution in [0.2, 0.25) is 0 Å². The number of benzene rings is 2. The minimum Gasteiger partial charge on any atom is -0.453 e. The van der Waals surface area contributed by atoms with E-state index >= 15 is 0 Å². The number of fused-ring (bicyclic) bond motifs is 2. The Labute approximate surface area is 176 Å². The van der Waals surface area contributed by atoms with Crippen molar-refractivity contribution in [2.45, 2.75) is 6.42 Å². The maximum atomic E-state index is 6.01. The smallest absolute Gasteiger partial charge is 0.198 e. The first-order valence-corrected chi connectivity index (χ1v) is 10.7. The summed E-state index contributed by atoms with van der Waals surface area (Å²) >= 11 is 0. The van der Waals surface area contributed by atoms with E-state index in [0.29, 0.717) is 11.6 Å². The molecule has 6 heteroatoms. The largest absolute Gasteiger partial charge is 0.453 e. The predicted octanol–water partition coefficient (Wildman–Crippen LogP) is 4.09. The molecule has 0 radical (unpaired) electrons. The van der Waals surface area contributed by atoms with Gasteiger partial charge in [0.15, 0.2) is 11.6 Å². The second kappa shape index (κ2) is 8.42. The van der Waals surface area contributed by atoms with Gasteiger partial charge >= 0.3 is 0 Å². The monoisotopic (exact) mass is 401 g/mol. The van der Waals surface area contributed by atoms with Crippen molar-refractivity contribution in [2.75, 3.05) is 51.6 Å². The van der Waals surface area contributed by atoms with Crippen LogP contribution in [0.3, 0.4) is 0 Å². The first kappa shape index (κ1) is 19.0. The Hall–Kier alpha value is -2.96. The van der Waals surface area contributed by atoms with Crippen molar-refractivity contribution >= 4 is 27.7 Å². The number of piperazine rings is 1. The summed E-state index contributed by atoms with van der Waals surface area (Å²) in [4.78, 5) is 14.5. The third-order valence-corrected chi connectivity index (χ3v) is 5.79. The van der Waals surface area contributed by atoms with Gasteiger partial charge in [-0.25, -0.2) is 9.97 Å². The number of rotatable bonds is 6. The highest BCUT2D eigenvalue weighted by atomic mass is 16.3. The van der Waals surface area contributed by atoms with Gasteiger partial charge in [-0.2, -0.15) is 0 Å². The van der Waals surface area contributed by atoms with E-state index in [0.717, 1.165) is 73.4 Å². The number of nitrogens with one attached hydrogen (secondary N) is 1. The Balaban J connectivity index is 1.34. The van der Waals surface area contributed by atoms with Crippen LogP contribution in [0.5, 0.6) is 0 Å². The van der Waals surface area contributed by atoms with Gasteiger partial charge in [0.2, 0.25) is 0 Å². The van der Waals surface area contributed by atoms with Gasteiger partial charge in [0.1, 0.15) is 11.4 Å². The van der Waals surface area contributed by atoms with Crippen LogP contribution in [0.25, 0.3) is 33.5 Å². The molecule has 0 unspecified atom stereocenters. The summed E-state index contributed by atoms with van der Waals surface area (Å²) in [6.45, 7) is 6.62. The molecule has 1 N–H and O–H groups in total. The van der Waals surface area contributed by atoms with Crippen molar-refractivity contribution in [1.82, 2.24) is 19.8 Å². The Morgan fingerprint density at radius 2 is 1.77 bits per heavy atom. The molecule has 1 aliphatic rings. The maximum Gasteiger partial charge on any atom is 0.198 e. The van der Waals surface area contributed by atoms with E-state index in [1.54, 1.807) is 0 Å². The topological polar surface area (TPSA) is 57.4 Å². The highest BCUT2D eigenvalue weighted by molar-refractivity contribution is 5.91. The fourth-order valence-corrected chi connectivity index (χ4v) is 3.99. The molecule has 154 valence electrons. The molecule has 5 rings (SSSR count). The van der Waals surface area contributed by atoms with Gasteiger partial charge < -0.3 is 19.5 Å². The van der Waals surface area contributed by atoms with Gasteiger partial charge in [-0.1, -0.05) is 30.3 Å². The van der Waals surface area contributed by atoms with E-state index in [4.69, 9.17) is 14.4 Å². The highest BCUT2D eigenvalue weighted by Crippen LogP contribution is 2.29. The lowest BCUT2D eigenvalue weighted by molar-refractivity contribution is 0.154. The van der Waals surface area contributed by atoms with Crippen LogP contribution in [0.15, 0.2) is 59.0 Å². The van der Waals surface area contributed by atoms with Crippen LogP contribution in [0.1, 0.15) is 6.42 Å². The van der Waals surface area contributed by atoms with Crippen molar-refractivity contribution in [3.05, 3.63) is 54.6 Å². The average Bonchev–Trinajstić information content (AvgIpc) is 3.22. The highest BCUT2D eigenvalue weighted by Gasteiger charge is 2.15. The Kier molecular flexibility index (Phi) is 5.34. The van der Waals surface area contributed by atoms with Crippen LogP contribution in [0, 0.1) is 0 Å². The quantitative estimate of drug-likeness (QED) is 0.491. The fourth-order valence-electron chi connectivity index (χ4n) is 3.99. The van der Waals surface area contributed by atoms with Crippen molar-refractivity contribution in [2.24, 2.45) is 0 Å². The lowest BCUT2D eigenvalue weighted by atomic mass is 10.2. The van der Waals surface area contributed by atoms with Crippen molar-refractivity contribution in [3.8, 4) is 11.6 Å². The lowest BCUT2D eigenvalue weighted by Crippen LogP contribution is -2.44. The molecule has 2 aromatic carbocycles. The minimum absolute atomic E-state index is 0.617. The molecule has 30 heavy (non-hydrogen) atoms. The number of para-hydroxylation sites is 2. The zero-order valence-corrected chi connectivity index (χ0v) is 17.3. The average molecular weight is 402 g/mol. The maximum absolute atomic E-state index is 6.01. The summed E-state index contributed by atoms with van der Waals surface area (Å²) in [6, 6.07) is 18.1. The van der Waals surface area contributed by atoms with Crippen LogP contribution >= 0.6 is 0 Å². The number of furan rings is 1. The molecular formula is C24H27N5O. The SMILES string of the molecule is CN1CCN(CCCNc2nc(-c3cc4ccccc4o3)nc3ccccc23)CC1. The molecule has 3 heterocycles. The predicted molar refractivity (Wildman–Crippen MR) is 122 cm³/mol. The molecule has 1 saturated heterocycles. The summed E-state index contributed by atoms with van der Waals surface area (Å²) in [5.74, 6) is 2.18. The van der Waals surface area contributed by atoms with Gasteiger partial charge in [0.25, 0.3) is 0 Å². The van der Waals surface area contributed by atoms with E-state index in [9.17, 15) is 0 Å². The molecule has 2 aromatic heterocycles. The minimum atomic E-state index is 0.617. The van der Waals surface area contributed by atoms with E-state index in [-0.39, 0.29) is 0 Å². The second-order valence-electron chi connectivity index (χ2n) is 7.99. The molecule has 4 aromatic rings. The van der Waals surface area contributed by atoms with Gasteiger partial charge in [-0.15, -0.1) is 0 Å². The number of nitrogens with zero attached hydrogens (tertiary/aromatic N) is 4. The summed E-state index contributed by atoms with van der Waals surface area (Å²) in [7, 11) is 2.19. The second-order valence-corrected chi connectivity index (χ2v) is 7.99. The molecule has 0 saturated carbocycles. The third kappa shape index (κ3) is 4.01. The standard InChI is InChI=1S/C24H27N5O/c1-28-13-15-29(16-14-28)12-6-11-25-23-19-8-3-4-9-20(19)26-24(27-23)22-17-18-7-2-5-10-21(18)30-22/h2-5,7-10,17H,6,11-16H2,1H3,(H,25,26,27). The molecule has 0 amide bonds. The lowest BCUT2D eigenvalue weighted by Gasteiger charge is -2.32. The van der Waals surface area contributed by atoms with E-state index in [1.807, 2.05) is 48.5 Å². The van der Waals surface area contributed by atoms with Crippen molar-refractivity contribution in [1.29, 1.82) is 0 Å². The van der Waals surface area contributed by atoms with Gasteiger partial charge in [0, 0.05) is 43.5 Å². The Bertz CT molecular complexity index is 1110. The summed E-state index contributed by atoms with van der Waals surface area (Å²) < 4.78 is 6.01. The Morgan fingerprint density at radius 3 is 2.63 bits per heavy atom. The fraction of sp³-hybridized carbons (Fsp3) is 0.333. The van der Waals surface area contributed by atoms with Gasteiger partial charge in [0.05, 0.1) is 5.52 Å². The van der Waals surface area contributed by atoms with E-state index < -0.39 is 0 Å². The van der Waals surface area contributed by atoms with E-state index in [1.165, 1.54) is 0 Å². The molecular weight excluding hydrogens is 374 g/mol. The number of anilines is 1. The summed E-state index contributed by atoms with van der Waals surface area (Å²) in [5.41, 5.74) is 1.77. The van der Waals surface area contributed by atoms with Crippen molar-refractivity contribution < 1.29 is 4.42 Å². The Morgan fingerprint density at radius 1 is 0.967 bits per heavy atom. The zero-order valence-electron chi connectivity index (χ0n) is 17.3. The molecule has 0 atom stereocenters. The third-order valence-electron chi connectivity index (χ3n) is 5.79. The number of hydrogen-bond donors (Lipinski definition) is 1. The zero-order chi connectivity index (χ0) is 20.3. The van der Waals surface area contributed by atoms with Crippen molar-refractivity contribution in [3.63, 3.8) is 0 Å². The normalized spacial score (nSPS) is 15.8. The number of hydrogen-bond acceptors (Lipinski definition) is 6. The van der Waals surface area contributed by atoms with Crippen LogP contribution in [-0.2, 0) is 0 Å². The molecule has 1 fully saturated rings. The van der Waals surface area contributed by atoms with E-state index in [2.05, 4.69) is 28.2 Å². The van der Waals surface area contributed by atoms with Gasteiger partial charge in [-0.3, -0.25) is 0 Å². The first-order chi connectivity index (χ1) is 14.8. The number of aromatic nitrogens is 2. The molecule has 0 bridgehead atoms. The number of likely N-dealkylation sites (N-methyl/N-ethyl adjacent to an activating group) is 1. The molecule has 0 aliphatic carbocycles. The first-order valence-electron chi connectivity index (χ1n) is 10.7. The summed E-state index contributed by atoms with van der Waals surface area (Å²) in [5, 5.41) is 5.65. The molecule has 6 nitrogen and oxygen atoms in total. The molecule has 1 aliphatic heterocycles.